The Morgan fingerprint density at radius 3 is 2.70 bits per heavy atom. The van der Waals surface area contributed by atoms with Crippen LogP contribution < -0.4 is 10.5 Å². The van der Waals surface area contributed by atoms with Gasteiger partial charge in [0.15, 0.2) is 0 Å². The first-order valence-corrected chi connectivity index (χ1v) is 6.96. The summed E-state index contributed by atoms with van der Waals surface area (Å²) >= 11 is 9.49. The monoisotopic (exact) mass is 349 g/mol. The molecule has 2 N–H and O–H groups in total. The van der Waals surface area contributed by atoms with Crippen LogP contribution in [0.5, 0.6) is 11.6 Å². The maximum atomic E-state index is 6.14. The smallest absolute Gasteiger partial charge is 0.232 e. The largest absolute Gasteiger partial charge is 0.437 e. The Bertz CT molecular complexity index is 794. The van der Waals surface area contributed by atoms with Gasteiger partial charge in [-0.15, -0.1) is 0 Å². The van der Waals surface area contributed by atoms with Crippen LogP contribution in [0.3, 0.4) is 0 Å². The zero-order valence-corrected chi connectivity index (χ0v) is 12.5. The third-order valence-electron chi connectivity index (χ3n) is 2.69. The van der Waals surface area contributed by atoms with Crippen molar-refractivity contribution in [2.75, 3.05) is 5.73 Å². The molecule has 0 aliphatic heterocycles. The molecular weight excluding hydrogens is 342 g/mol. The average Bonchev–Trinajstić information content (AvgIpc) is 2.41. The van der Waals surface area contributed by atoms with E-state index in [1.165, 1.54) is 0 Å². The van der Waals surface area contributed by atoms with Crippen LogP contribution in [0.15, 0.2) is 46.9 Å². The fourth-order valence-electron chi connectivity index (χ4n) is 1.80. The summed E-state index contributed by atoms with van der Waals surface area (Å²) in [6.07, 6.45) is 0. The van der Waals surface area contributed by atoms with Gasteiger partial charge in [0.25, 0.3) is 0 Å². The molecule has 0 amide bonds. The van der Waals surface area contributed by atoms with Crippen molar-refractivity contribution < 1.29 is 4.74 Å². The first-order valence-electron chi connectivity index (χ1n) is 5.78. The lowest BCUT2D eigenvalue weighted by Gasteiger charge is -2.09. The second kappa shape index (κ2) is 5.26. The number of hydrogen-bond donors (Lipinski definition) is 1. The second-order valence-corrected chi connectivity index (χ2v) is 5.40. The minimum atomic E-state index is 0.159. The number of hydrogen-bond acceptors (Lipinski definition) is 4. The minimum absolute atomic E-state index is 0.159. The van der Waals surface area contributed by atoms with E-state index >= 15 is 0 Å². The molecule has 4 nitrogen and oxygen atoms in total. The number of para-hydroxylation sites is 1. The topological polar surface area (TPSA) is 61.0 Å². The van der Waals surface area contributed by atoms with E-state index in [1.54, 1.807) is 12.1 Å². The van der Waals surface area contributed by atoms with E-state index in [9.17, 15) is 0 Å². The van der Waals surface area contributed by atoms with Gasteiger partial charge in [0.2, 0.25) is 11.8 Å². The van der Waals surface area contributed by atoms with Crippen LogP contribution >= 0.6 is 27.5 Å². The zero-order valence-electron chi connectivity index (χ0n) is 10.2. The van der Waals surface area contributed by atoms with Gasteiger partial charge in [0.05, 0.1) is 15.9 Å². The highest BCUT2D eigenvalue weighted by Gasteiger charge is 2.10. The van der Waals surface area contributed by atoms with Crippen LogP contribution in [0.4, 0.5) is 5.95 Å². The van der Waals surface area contributed by atoms with Crippen LogP contribution in [0.2, 0.25) is 5.02 Å². The maximum absolute atomic E-state index is 6.14. The van der Waals surface area contributed by atoms with Gasteiger partial charge in [0.1, 0.15) is 5.75 Å². The molecule has 0 unspecified atom stereocenters. The van der Waals surface area contributed by atoms with E-state index in [0.717, 1.165) is 15.4 Å². The van der Waals surface area contributed by atoms with Gasteiger partial charge >= 0.3 is 0 Å². The highest BCUT2D eigenvalue weighted by molar-refractivity contribution is 9.10. The van der Waals surface area contributed by atoms with Gasteiger partial charge in [-0.3, -0.25) is 0 Å². The van der Waals surface area contributed by atoms with Crippen molar-refractivity contribution in [3.8, 4) is 11.6 Å². The molecule has 1 aromatic heterocycles. The molecule has 3 rings (SSSR count). The van der Waals surface area contributed by atoms with Gasteiger partial charge in [-0.05, 0) is 30.3 Å². The lowest BCUT2D eigenvalue weighted by atomic mass is 10.2. The Hall–Kier alpha value is -1.85. The molecular formula is C14H9BrClN3O. The van der Waals surface area contributed by atoms with E-state index in [2.05, 4.69) is 25.9 Å². The molecule has 6 heteroatoms. The first-order chi connectivity index (χ1) is 9.63. The number of halogens is 2. The molecule has 0 aliphatic carbocycles. The summed E-state index contributed by atoms with van der Waals surface area (Å²) in [6, 6.07) is 12.8. The van der Waals surface area contributed by atoms with Gasteiger partial charge in [-0.25, -0.2) is 4.98 Å². The van der Waals surface area contributed by atoms with E-state index in [-0.39, 0.29) is 5.95 Å². The number of nitrogens with zero attached hydrogens (tertiary/aromatic N) is 2. The molecule has 0 atom stereocenters. The predicted molar refractivity (Wildman–Crippen MR) is 83.2 cm³/mol. The summed E-state index contributed by atoms with van der Waals surface area (Å²) < 4.78 is 6.65. The Morgan fingerprint density at radius 2 is 1.90 bits per heavy atom. The predicted octanol–water partition coefficient (Wildman–Crippen LogP) is 4.42. The van der Waals surface area contributed by atoms with Crippen molar-refractivity contribution in [2.45, 2.75) is 0 Å². The molecule has 0 aliphatic rings. The Morgan fingerprint density at radius 1 is 1.10 bits per heavy atom. The van der Waals surface area contributed by atoms with Crippen molar-refractivity contribution in [1.82, 2.24) is 9.97 Å². The summed E-state index contributed by atoms with van der Waals surface area (Å²) in [5.74, 6) is 1.06. The van der Waals surface area contributed by atoms with Gasteiger partial charge < -0.3 is 10.5 Å². The highest BCUT2D eigenvalue weighted by Crippen LogP contribution is 2.33. The molecule has 20 heavy (non-hydrogen) atoms. The summed E-state index contributed by atoms with van der Waals surface area (Å²) in [4.78, 5) is 8.29. The van der Waals surface area contributed by atoms with Crippen molar-refractivity contribution >= 4 is 44.4 Å². The highest BCUT2D eigenvalue weighted by atomic mass is 79.9. The molecule has 0 radical (unpaired) electrons. The van der Waals surface area contributed by atoms with Crippen molar-refractivity contribution in [3.63, 3.8) is 0 Å². The zero-order chi connectivity index (χ0) is 14.1. The van der Waals surface area contributed by atoms with Crippen LogP contribution in [0.1, 0.15) is 0 Å². The fraction of sp³-hybridized carbons (Fsp3) is 0. The van der Waals surface area contributed by atoms with Crippen molar-refractivity contribution in [2.24, 2.45) is 0 Å². The number of rotatable bonds is 2. The molecule has 1 heterocycles. The van der Waals surface area contributed by atoms with Gasteiger partial charge in [0, 0.05) is 4.47 Å². The second-order valence-electron chi connectivity index (χ2n) is 4.08. The molecule has 100 valence electrons. The van der Waals surface area contributed by atoms with E-state index < -0.39 is 0 Å². The lowest BCUT2D eigenvalue weighted by molar-refractivity contribution is 0.469. The summed E-state index contributed by atoms with van der Waals surface area (Å²) in [5, 5.41) is 1.27. The summed E-state index contributed by atoms with van der Waals surface area (Å²) in [7, 11) is 0. The van der Waals surface area contributed by atoms with Crippen molar-refractivity contribution in [1.29, 1.82) is 0 Å². The lowest BCUT2D eigenvalue weighted by Crippen LogP contribution is -1.98. The Labute approximate surface area is 128 Å². The van der Waals surface area contributed by atoms with Gasteiger partial charge in [-0.1, -0.05) is 39.7 Å². The first kappa shape index (κ1) is 13.1. The molecule has 0 fully saturated rings. The molecule has 0 bridgehead atoms. The Balaban J connectivity index is 2.10. The van der Waals surface area contributed by atoms with Crippen LogP contribution in [0, 0.1) is 0 Å². The Kier molecular flexibility index (Phi) is 3.46. The summed E-state index contributed by atoms with van der Waals surface area (Å²) in [5.41, 5.74) is 6.42. The average molecular weight is 351 g/mol. The molecule has 0 spiro atoms. The normalized spacial score (nSPS) is 10.7. The standard InChI is InChI=1S/C14H9BrClN3O/c15-8-5-6-12(10(16)7-8)20-13-9-3-1-2-4-11(9)18-14(17)19-13/h1-7H,(H2,17,18,19). The number of nitrogens with two attached hydrogens (primary N) is 1. The van der Waals surface area contributed by atoms with Gasteiger partial charge in [-0.2, -0.15) is 4.98 Å². The fourth-order valence-corrected chi connectivity index (χ4v) is 2.52. The molecule has 3 aromatic rings. The SMILES string of the molecule is Nc1nc(Oc2ccc(Br)cc2Cl)c2ccccc2n1. The van der Waals surface area contributed by atoms with E-state index in [4.69, 9.17) is 22.1 Å². The van der Waals surface area contributed by atoms with Crippen LogP contribution in [-0.4, -0.2) is 9.97 Å². The summed E-state index contributed by atoms with van der Waals surface area (Å²) in [6.45, 7) is 0. The quantitative estimate of drug-likeness (QED) is 0.743. The number of nitrogen functional groups attached to an aromatic ring is 1. The number of fused-ring (bicyclic) bond motifs is 1. The third kappa shape index (κ3) is 2.55. The molecule has 0 saturated heterocycles. The van der Waals surface area contributed by atoms with Crippen LogP contribution in [-0.2, 0) is 0 Å². The minimum Gasteiger partial charge on any atom is -0.437 e. The maximum Gasteiger partial charge on any atom is 0.232 e. The molecule has 0 saturated carbocycles. The number of ether oxygens (including phenoxy) is 1. The van der Waals surface area contributed by atoms with Crippen molar-refractivity contribution in [3.05, 3.63) is 52.0 Å². The number of benzene rings is 2. The van der Waals surface area contributed by atoms with E-state index in [0.29, 0.717) is 16.7 Å². The third-order valence-corrected chi connectivity index (χ3v) is 3.47. The van der Waals surface area contributed by atoms with Crippen LogP contribution in [0.25, 0.3) is 10.9 Å². The number of anilines is 1. The molecule has 2 aromatic carbocycles. The number of aromatic nitrogens is 2. The van der Waals surface area contributed by atoms with E-state index in [1.807, 2.05) is 30.3 Å².